The molecule has 5 rings (SSSR count). The van der Waals surface area contributed by atoms with Crippen LogP contribution in [0.3, 0.4) is 0 Å². The third kappa shape index (κ3) is 4.21. The third-order valence-electron chi connectivity index (χ3n) is 6.69. The van der Waals surface area contributed by atoms with E-state index < -0.39 is 17.9 Å². The van der Waals surface area contributed by atoms with Crippen LogP contribution in [0.4, 0.5) is 10.5 Å². The van der Waals surface area contributed by atoms with Gasteiger partial charge in [-0.05, 0) is 76.5 Å². The van der Waals surface area contributed by atoms with E-state index in [1.54, 1.807) is 41.3 Å². The summed E-state index contributed by atoms with van der Waals surface area (Å²) in [5, 5.41) is 22.0. The van der Waals surface area contributed by atoms with Crippen LogP contribution in [0.15, 0.2) is 74.0 Å². The Labute approximate surface area is 229 Å². The third-order valence-corrected chi connectivity index (χ3v) is 8.41. The van der Waals surface area contributed by atoms with Crippen molar-refractivity contribution in [2.45, 2.75) is 12.5 Å². The predicted molar refractivity (Wildman–Crippen MR) is 147 cm³/mol. The van der Waals surface area contributed by atoms with Gasteiger partial charge in [0.15, 0.2) is 0 Å². The van der Waals surface area contributed by atoms with Crippen molar-refractivity contribution in [3.05, 3.63) is 90.7 Å². The number of carbonyl (C=O) groups excluding carboxylic acids is 2. The average molecular weight is 662 g/mol. The van der Waals surface area contributed by atoms with Gasteiger partial charge < -0.3 is 15.1 Å². The summed E-state index contributed by atoms with van der Waals surface area (Å²) < 4.78 is 1.89. The van der Waals surface area contributed by atoms with E-state index >= 15 is 0 Å². The minimum Gasteiger partial charge on any atom is -0.507 e. The fourth-order valence-corrected chi connectivity index (χ4v) is 6.54. The van der Waals surface area contributed by atoms with Gasteiger partial charge in [0, 0.05) is 38.8 Å². The van der Waals surface area contributed by atoms with Gasteiger partial charge in [0.2, 0.25) is 0 Å². The average Bonchev–Trinajstić information content (AvgIpc) is 3.36. The van der Waals surface area contributed by atoms with Gasteiger partial charge in [-0.15, -0.1) is 0 Å². The number of carboxylic acid groups (broad SMARTS) is 1. The standard InChI is InChI=1S/C26H21BrIN3O5/c1-30-20-12-21(32)18(25(34)35)11-17(20)22(28)23(30)13-2-4-14(5-3-13)24(33)29-26(36)31-9-8-15-10-16(27)6-7-19(15)31/h2-7,10-12,17,20,32H,8-9H2,1H3,(H,34,35)(H,29,33,36). The molecule has 0 aromatic heterocycles. The molecule has 2 unspecified atom stereocenters. The number of carboxylic acids is 1. The molecule has 8 nitrogen and oxygen atoms in total. The Morgan fingerprint density at radius 3 is 2.53 bits per heavy atom. The summed E-state index contributed by atoms with van der Waals surface area (Å²) in [5.74, 6) is -2.10. The zero-order chi connectivity index (χ0) is 25.7. The fourth-order valence-electron chi connectivity index (χ4n) is 4.89. The maximum absolute atomic E-state index is 12.8. The molecule has 0 bridgehead atoms. The molecule has 3 aliphatic rings. The normalized spacial score (nSPS) is 20.5. The number of aliphatic hydroxyl groups is 1. The maximum atomic E-state index is 12.8. The first-order chi connectivity index (χ1) is 17.2. The van der Waals surface area contributed by atoms with Crippen LogP contribution in [0.25, 0.3) is 5.70 Å². The predicted octanol–water partition coefficient (Wildman–Crippen LogP) is 4.86. The molecular weight excluding hydrogens is 641 g/mol. The minimum absolute atomic E-state index is 0.106. The summed E-state index contributed by atoms with van der Waals surface area (Å²) in [6.07, 6.45) is 3.86. The van der Waals surface area contributed by atoms with Crippen LogP contribution >= 0.6 is 38.5 Å². The lowest BCUT2D eigenvalue weighted by atomic mass is 9.91. The molecule has 36 heavy (non-hydrogen) atoms. The molecule has 0 saturated heterocycles. The Morgan fingerprint density at radius 1 is 1.11 bits per heavy atom. The molecule has 2 aromatic carbocycles. The lowest BCUT2D eigenvalue weighted by Gasteiger charge is -2.28. The molecular formula is C26H21BrIN3O5. The number of imide groups is 1. The second-order valence-corrected chi connectivity index (χ2v) is 10.9. The molecule has 3 amide bonds. The number of anilines is 1. The molecule has 2 aromatic rings. The Balaban J connectivity index is 1.33. The highest BCUT2D eigenvalue weighted by Crippen LogP contribution is 2.46. The molecule has 2 atom stereocenters. The molecule has 3 N–H and O–H groups in total. The Hall–Kier alpha value is -3.12. The van der Waals surface area contributed by atoms with E-state index in [9.17, 15) is 24.6 Å². The topological polar surface area (TPSA) is 110 Å². The summed E-state index contributed by atoms with van der Waals surface area (Å²) in [5.41, 5.74) is 3.82. The largest absolute Gasteiger partial charge is 0.507 e. The quantitative estimate of drug-likeness (QED) is 0.406. The van der Waals surface area contributed by atoms with Crippen LogP contribution < -0.4 is 10.2 Å². The molecule has 184 valence electrons. The van der Waals surface area contributed by atoms with E-state index in [0.29, 0.717) is 12.1 Å². The molecule has 0 fully saturated rings. The lowest BCUT2D eigenvalue weighted by molar-refractivity contribution is -0.132. The monoisotopic (exact) mass is 661 g/mol. The number of likely N-dealkylation sites (N-methyl/N-ethyl adjacent to an activating group) is 1. The fraction of sp³-hybridized carbons (Fsp3) is 0.192. The van der Waals surface area contributed by atoms with Gasteiger partial charge >= 0.3 is 12.0 Å². The van der Waals surface area contributed by atoms with Crippen molar-refractivity contribution in [2.75, 3.05) is 18.5 Å². The van der Waals surface area contributed by atoms with Crippen molar-refractivity contribution < 1.29 is 24.6 Å². The maximum Gasteiger partial charge on any atom is 0.339 e. The van der Waals surface area contributed by atoms with Crippen molar-refractivity contribution in [3.63, 3.8) is 0 Å². The van der Waals surface area contributed by atoms with Crippen molar-refractivity contribution in [3.8, 4) is 0 Å². The SMILES string of the molecule is CN1C(c2ccc(C(=O)NC(=O)N3CCc4cc(Br)ccc43)cc2)=C(I)C2C=C(C(=O)O)C(O)=CC21. The van der Waals surface area contributed by atoms with Crippen LogP contribution in [0.2, 0.25) is 0 Å². The van der Waals surface area contributed by atoms with E-state index in [1.807, 2.05) is 30.1 Å². The number of hydrogen-bond acceptors (Lipinski definition) is 5. The van der Waals surface area contributed by atoms with Crippen molar-refractivity contribution in [1.82, 2.24) is 10.2 Å². The summed E-state index contributed by atoms with van der Waals surface area (Å²) in [4.78, 5) is 40.6. The number of carbonyl (C=O) groups is 3. The van der Waals surface area contributed by atoms with Crippen LogP contribution in [0, 0.1) is 5.92 Å². The number of nitrogens with zero attached hydrogens (tertiary/aromatic N) is 2. The molecule has 2 heterocycles. The number of urea groups is 1. The van der Waals surface area contributed by atoms with E-state index in [-0.39, 0.29) is 23.3 Å². The number of halogens is 2. The number of fused-ring (bicyclic) bond motifs is 2. The van der Waals surface area contributed by atoms with E-state index in [1.165, 1.54) is 0 Å². The Morgan fingerprint density at radius 2 is 1.83 bits per heavy atom. The molecule has 0 radical (unpaired) electrons. The number of aliphatic carboxylic acids is 1. The van der Waals surface area contributed by atoms with Crippen LogP contribution in [0.5, 0.6) is 0 Å². The summed E-state index contributed by atoms with van der Waals surface area (Å²) in [6.45, 7) is 0.507. The zero-order valence-electron chi connectivity index (χ0n) is 19.0. The van der Waals surface area contributed by atoms with Crippen LogP contribution in [-0.2, 0) is 11.2 Å². The van der Waals surface area contributed by atoms with E-state index in [4.69, 9.17) is 0 Å². The van der Waals surface area contributed by atoms with Crippen molar-refractivity contribution in [1.29, 1.82) is 0 Å². The first-order valence-corrected chi connectivity index (χ1v) is 13.0. The number of nitrogens with one attached hydrogen (secondary N) is 1. The molecule has 10 heteroatoms. The van der Waals surface area contributed by atoms with Crippen molar-refractivity contribution >= 4 is 67.8 Å². The number of benzene rings is 2. The van der Waals surface area contributed by atoms with Crippen molar-refractivity contribution in [2.24, 2.45) is 5.92 Å². The second-order valence-electron chi connectivity index (χ2n) is 8.77. The summed E-state index contributed by atoms with van der Waals surface area (Å²) >= 11 is 5.65. The Kier molecular flexibility index (Phi) is 6.41. The smallest absolute Gasteiger partial charge is 0.339 e. The van der Waals surface area contributed by atoms with Gasteiger partial charge in [0.1, 0.15) is 5.76 Å². The summed E-state index contributed by atoms with van der Waals surface area (Å²) in [6, 6.07) is 12.0. The van der Waals surface area contributed by atoms with Gasteiger partial charge in [0.05, 0.1) is 17.3 Å². The number of hydrogen-bond donors (Lipinski definition) is 3. The molecule has 0 spiro atoms. The highest BCUT2D eigenvalue weighted by molar-refractivity contribution is 14.1. The van der Waals surface area contributed by atoms with Gasteiger partial charge in [-0.3, -0.25) is 15.0 Å². The van der Waals surface area contributed by atoms with Crippen LogP contribution in [-0.4, -0.2) is 52.7 Å². The van der Waals surface area contributed by atoms with Gasteiger partial charge in [0.25, 0.3) is 5.91 Å². The highest BCUT2D eigenvalue weighted by Gasteiger charge is 2.40. The number of rotatable bonds is 3. The lowest BCUT2D eigenvalue weighted by Crippen LogP contribution is -2.42. The number of amides is 3. The van der Waals surface area contributed by atoms with Gasteiger partial charge in [-0.25, -0.2) is 9.59 Å². The minimum atomic E-state index is -1.17. The van der Waals surface area contributed by atoms with Gasteiger partial charge in [-0.1, -0.05) is 34.1 Å². The highest BCUT2D eigenvalue weighted by atomic mass is 127. The zero-order valence-corrected chi connectivity index (χ0v) is 22.8. The van der Waals surface area contributed by atoms with Crippen LogP contribution in [0.1, 0.15) is 21.5 Å². The first kappa shape index (κ1) is 24.6. The van der Waals surface area contributed by atoms with Gasteiger partial charge in [-0.2, -0.15) is 0 Å². The molecule has 2 aliphatic heterocycles. The van der Waals surface area contributed by atoms with E-state index in [0.717, 1.165) is 37.0 Å². The Bertz CT molecular complexity index is 1400. The molecule has 0 saturated carbocycles. The first-order valence-electron chi connectivity index (χ1n) is 11.2. The number of aliphatic hydroxyl groups excluding tert-OH is 1. The molecule has 1 aliphatic carbocycles. The second kappa shape index (κ2) is 9.40. The summed E-state index contributed by atoms with van der Waals surface area (Å²) in [7, 11) is 1.88. The van der Waals surface area contributed by atoms with E-state index in [2.05, 4.69) is 43.8 Å².